The van der Waals surface area contributed by atoms with Crippen LogP contribution in [0, 0.1) is 5.82 Å². The Balaban J connectivity index is 3.19. The summed E-state index contributed by atoms with van der Waals surface area (Å²) in [6.45, 7) is 0.286. The van der Waals surface area contributed by atoms with Crippen molar-refractivity contribution in [1.29, 1.82) is 0 Å². The fourth-order valence-electron chi connectivity index (χ4n) is 0.885. The standard InChI is InChI=1S/C8H9BrFNO/c1-12-6-2-5(4-11)8(9)7(10)3-6/h2-3H,4,11H2,1H3. The second-order valence-corrected chi connectivity index (χ2v) is 3.08. The molecule has 0 aromatic heterocycles. The topological polar surface area (TPSA) is 35.2 Å². The van der Waals surface area contributed by atoms with Crippen molar-refractivity contribution in [3.8, 4) is 5.75 Å². The summed E-state index contributed by atoms with van der Waals surface area (Å²) in [6.07, 6.45) is 0. The van der Waals surface area contributed by atoms with Gasteiger partial charge in [0.25, 0.3) is 0 Å². The van der Waals surface area contributed by atoms with Gasteiger partial charge in [-0.05, 0) is 27.6 Å². The first-order valence-electron chi connectivity index (χ1n) is 3.41. The van der Waals surface area contributed by atoms with E-state index >= 15 is 0 Å². The van der Waals surface area contributed by atoms with Crippen LogP contribution in [0.1, 0.15) is 5.56 Å². The smallest absolute Gasteiger partial charge is 0.141 e. The van der Waals surface area contributed by atoms with Crippen molar-refractivity contribution in [2.75, 3.05) is 7.11 Å². The second kappa shape index (κ2) is 3.87. The fraction of sp³-hybridized carbons (Fsp3) is 0.250. The lowest BCUT2D eigenvalue weighted by Gasteiger charge is -2.05. The molecule has 0 bridgehead atoms. The molecule has 66 valence electrons. The Morgan fingerprint density at radius 1 is 1.58 bits per heavy atom. The number of benzene rings is 1. The van der Waals surface area contributed by atoms with Crippen molar-refractivity contribution in [1.82, 2.24) is 0 Å². The summed E-state index contributed by atoms with van der Waals surface area (Å²) in [5.74, 6) is 0.131. The minimum atomic E-state index is -0.352. The van der Waals surface area contributed by atoms with Gasteiger partial charge in [-0.1, -0.05) is 0 Å². The van der Waals surface area contributed by atoms with E-state index < -0.39 is 0 Å². The van der Waals surface area contributed by atoms with Gasteiger partial charge in [-0.15, -0.1) is 0 Å². The molecule has 0 saturated carbocycles. The summed E-state index contributed by atoms with van der Waals surface area (Å²) in [4.78, 5) is 0. The number of nitrogens with two attached hydrogens (primary N) is 1. The van der Waals surface area contributed by atoms with Crippen LogP contribution in [0.3, 0.4) is 0 Å². The van der Waals surface area contributed by atoms with Crippen molar-refractivity contribution >= 4 is 15.9 Å². The maximum Gasteiger partial charge on any atom is 0.141 e. The lowest BCUT2D eigenvalue weighted by Crippen LogP contribution is -1.99. The molecule has 0 spiro atoms. The Hall–Kier alpha value is -0.610. The average Bonchev–Trinajstić information content (AvgIpc) is 2.09. The van der Waals surface area contributed by atoms with E-state index in [4.69, 9.17) is 10.5 Å². The van der Waals surface area contributed by atoms with Crippen molar-refractivity contribution in [3.63, 3.8) is 0 Å². The lowest BCUT2D eigenvalue weighted by molar-refractivity contribution is 0.410. The van der Waals surface area contributed by atoms with E-state index in [2.05, 4.69) is 15.9 Å². The van der Waals surface area contributed by atoms with Crippen molar-refractivity contribution < 1.29 is 9.13 Å². The highest BCUT2D eigenvalue weighted by Gasteiger charge is 2.06. The van der Waals surface area contributed by atoms with Crippen LogP contribution in [-0.2, 0) is 6.54 Å². The minimum Gasteiger partial charge on any atom is -0.497 e. The average molecular weight is 234 g/mol. The highest BCUT2D eigenvalue weighted by Crippen LogP contribution is 2.25. The molecule has 1 aromatic rings. The molecule has 2 N–H and O–H groups in total. The molecule has 12 heavy (non-hydrogen) atoms. The van der Waals surface area contributed by atoms with Crippen LogP contribution >= 0.6 is 15.9 Å². The van der Waals surface area contributed by atoms with Gasteiger partial charge < -0.3 is 10.5 Å². The van der Waals surface area contributed by atoms with Crippen LogP contribution in [0.25, 0.3) is 0 Å². The molecule has 0 aliphatic carbocycles. The molecule has 0 fully saturated rings. The Kier molecular flexibility index (Phi) is 3.05. The second-order valence-electron chi connectivity index (χ2n) is 2.29. The minimum absolute atomic E-state index is 0.286. The van der Waals surface area contributed by atoms with Crippen LogP contribution in [0.5, 0.6) is 5.75 Å². The molecule has 4 heteroatoms. The van der Waals surface area contributed by atoms with Gasteiger partial charge in [-0.25, -0.2) is 4.39 Å². The SMILES string of the molecule is COc1cc(F)c(Br)c(CN)c1. The van der Waals surface area contributed by atoms with Gasteiger partial charge in [0.2, 0.25) is 0 Å². The van der Waals surface area contributed by atoms with Gasteiger partial charge in [0.05, 0.1) is 11.6 Å². The van der Waals surface area contributed by atoms with Crippen LogP contribution in [-0.4, -0.2) is 7.11 Å². The molecule has 0 amide bonds. The third kappa shape index (κ3) is 1.76. The van der Waals surface area contributed by atoms with E-state index in [-0.39, 0.29) is 12.4 Å². The summed E-state index contributed by atoms with van der Waals surface area (Å²) in [5, 5.41) is 0. The lowest BCUT2D eigenvalue weighted by atomic mass is 10.2. The molecule has 0 aliphatic heterocycles. The maximum absolute atomic E-state index is 13.0. The fourth-order valence-corrected chi connectivity index (χ4v) is 1.28. The van der Waals surface area contributed by atoms with E-state index in [1.165, 1.54) is 13.2 Å². The molecule has 0 unspecified atom stereocenters. The summed E-state index contributed by atoms with van der Waals surface area (Å²) in [6, 6.07) is 3.01. The zero-order chi connectivity index (χ0) is 9.14. The quantitative estimate of drug-likeness (QED) is 0.849. The van der Waals surface area contributed by atoms with Gasteiger partial charge in [-0.2, -0.15) is 0 Å². The number of methoxy groups -OCH3 is 1. The van der Waals surface area contributed by atoms with E-state index in [1.54, 1.807) is 6.07 Å². The molecule has 1 aromatic carbocycles. The normalized spacial score (nSPS) is 10.0. The molecule has 1 rings (SSSR count). The first-order valence-corrected chi connectivity index (χ1v) is 4.20. The Morgan fingerprint density at radius 3 is 2.75 bits per heavy atom. The first-order chi connectivity index (χ1) is 5.69. The van der Waals surface area contributed by atoms with Gasteiger partial charge >= 0.3 is 0 Å². The van der Waals surface area contributed by atoms with Crippen molar-refractivity contribution in [2.24, 2.45) is 5.73 Å². The van der Waals surface area contributed by atoms with E-state index in [0.29, 0.717) is 15.8 Å². The number of ether oxygens (including phenoxy) is 1. The molecule has 0 radical (unpaired) electrons. The highest BCUT2D eigenvalue weighted by molar-refractivity contribution is 9.10. The van der Waals surface area contributed by atoms with Gasteiger partial charge in [0.15, 0.2) is 0 Å². The van der Waals surface area contributed by atoms with Crippen LogP contribution < -0.4 is 10.5 Å². The predicted molar refractivity (Wildman–Crippen MR) is 48.5 cm³/mol. The summed E-state index contributed by atoms with van der Waals surface area (Å²) in [7, 11) is 1.49. The van der Waals surface area contributed by atoms with Crippen molar-refractivity contribution in [2.45, 2.75) is 6.54 Å². The zero-order valence-electron chi connectivity index (χ0n) is 6.60. The van der Waals surface area contributed by atoms with Gasteiger partial charge in [-0.3, -0.25) is 0 Å². The van der Waals surface area contributed by atoms with Crippen molar-refractivity contribution in [3.05, 3.63) is 28.0 Å². The van der Waals surface area contributed by atoms with E-state index in [0.717, 1.165) is 0 Å². The molecular formula is C8H9BrFNO. The summed E-state index contributed by atoms with van der Waals surface area (Å²) in [5.41, 5.74) is 6.09. The Bertz CT molecular complexity index is 291. The van der Waals surface area contributed by atoms with Gasteiger partial charge in [0, 0.05) is 12.6 Å². The van der Waals surface area contributed by atoms with E-state index in [1.807, 2.05) is 0 Å². The van der Waals surface area contributed by atoms with Crippen LogP contribution in [0.2, 0.25) is 0 Å². The number of rotatable bonds is 2. The monoisotopic (exact) mass is 233 g/mol. The number of halogens is 2. The summed E-state index contributed by atoms with van der Waals surface area (Å²) < 4.78 is 18.3. The Labute approximate surface area is 78.6 Å². The van der Waals surface area contributed by atoms with Crippen LogP contribution in [0.15, 0.2) is 16.6 Å². The number of hydrogen-bond acceptors (Lipinski definition) is 2. The molecular weight excluding hydrogens is 225 g/mol. The van der Waals surface area contributed by atoms with Crippen LogP contribution in [0.4, 0.5) is 4.39 Å². The molecule has 0 atom stereocenters. The summed E-state index contributed by atoms with van der Waals surface area (Å²) >= 11 is 3.09. The molecule has 0 heterocycles. The number of hydrogen-bond donors (Lipinski definition) is 1. The maximum atomic E-state index is 13.0. The first kappa shape index (κ1) is 9.48. The third-order valence-corrected chi connectivity index (χ3v) is 2.42. The third-order valence-electron chi connectivity index (χ3n) is 1.53. The highest BCUT2D eigenvalue weighted by atomic mass is 79.9. The molecule has 0 saturated heterocycles. The predicted octanol–water partition coefficient (Wildman–Crippen LogP) is 2.06. The molecule has 0 aliphatic rings. The Morgan fingerprint density at radius 2 is 2.25 bits per heavy atom. The van der Waals surface area contributed by atoms with E-state index in [9.17, 15) is 4.39 Å². The zero-order valence-corrected chi connectivity index (χ0v) is 8.19. The molecule has 2 nitrogen and oxygen atoms in total. The largest absolute Gasteiger partial charge is 0.497 e. The van der Waals surface area contributed by atoms with Gasteiger partial charge in [0.1, 0.15) is 11.6 Å².